The number of hydrogen-bond acceptors (Lipinski definition) is 4. The van der Waals surface area contributed by atoms with Gasteiger partial charge in [-0.15, -0.1) is 0 Å². The smallest absolute Gasteiger partial charge is 0.335 e. The third-order valence-electron chi connectivity index (χ3n) is 10.1. The summed E-state index contributed by atoms with van der Waals surface area (Å²) in [6, 6.07) is 5.46. The fourth-order valence-electron chi connectivity index (χ4n) is 6.77. The first kappa shape index (κ1) is 45.5. The zero-order chi connectivity index (χ0) is 36.5. The molecule has 0 heterocycles. The van der Waals surface area contributed by atoms with Crippen molar-refractivity contribution in [3.05, 3.63) is 35.4 Å². The van der Waals surface area contributed by atoms with Gasteiger partial charge in [0.15, 0.2) is 0 Å². The van der Waals surface area contributed by atoms with E-state index in [1.165, 1.54) is 166 Å². The van der Waals surface area contributed by atoms with Crippen LogP contribution in [0, 0.1) is 0 Å². The first-order valence-corrected chi connectivity index (χ1v) is 21.2. The summed E-state index contributed by atoms with van der Waals surface area (Å²) in [5.41, 5.74) is 0.214. The van der Waals surface area contributed by atoms with Gasteiger partial charge in [0.1, 0.15) is 0 Å². The van der Waals surface area contributed by atoms with Crippen LogP contribution in [-0.4, -0.2) is 33.7 Å². The van der Waals surface area contributed by atoms with Crippen molar-refractivity contribution in [3.8, 4) is 0 Å². The SMILES string of the molecule is CCCCCCCCCCCCCCCCCC(=O)N(C(=O)CCCCCCCCCCCCCCCCC)C(=O)c1ccc(C(=O)O)cc1. The Hall–Kier alpha value is -2.50. The molecular formula is C44H75NO5. The Bertz CT molecular complexity index is 958. The van der Waals surface area contributed by atoms with E-state index in [2.05, 4.69) is 13.8 Å². The predicted octanol–water partition coefficient (Wildman–Crippen LogP) is 13.4. The topological polar surface area (TPSA) is 91.8 Å². The fraction of sp³-hybridized carbons (Fsp3) is 0.773. The second-order valence-electron chi connectivity index (χ2n) is 14.7. The highest BCUT2D eigenvalue weighted by atomic mass is 16.4. The second kappa shape index (κ2) is 32.4. The van der Waals surface area contributed by atoms with E-state index in [1.807, 2.05) is 0 Å². The number of unbranched alkanes of at least 4 members (excludes halogenated alkanes) is 28. The summed E-state index contributed by atoms with van der Waals surface area (Å²) >= 11 is 0. The summed E-state index contributed by atoms with van der Waals surface area (Å²) in [7, 11) is 0. The largest absolute Gasteiger partial charge is 0.478 e. The van der Waals surface area contributed by atoms with Crippen LogP contribution in [0.25, 0.3) is 0 Å². The van der Waals surface area contributed by atoms with E-state index < -0.39 is 23.7 Å². The number of imide groups is 3. The molecule has 0 bridgehead atoms. The van der Waals surface area contributed by atoms with E-state index in [0.717, 1.165) is 43.4 Å². The lowest BCUT2D eigenvalue weighted by atomic mass is 10.0. The summed E-state index contributed by atoms with van der Waals surface area (Å²) < 4.78 is 0. The summed E-state index contributed by atoms with van der Waals surface area (Å²) in [6.45, 7) is 4.52. The normalized spacial score (nSPS) is 11.2. The Morgan fingerprint density at radius 3 is 0.900 bits per heavy atom. The summed E-state index contributed by atoms with van der Waals surface area (Å²) in [5.74, 6) is -2.64. The number of benzene rings is 1. The highest BCUT2D eigenvalue weighted by molar-refractivity contribution is 6.16. The fourth-order valence-corrected chi connectivity index (χ4v) is 6.77. The maximum atomic E-state index is 13.4. The molecule has 1 N–H and O–H groups in total. The Balaban J connectivity index is 2.35. The van der Waals surface area contributed by atoms with Gasteiger partial charge in [-0.1, -0.05) is 194 Å². The van der Waals surface area contributed by atoms with Crippen LogP contribution in [0.15, 0.2) is 24.3 Å². The minimum atomic E-state index is -1.09. The molecule has 0 aliphatic carbocycles. The molecule has 1 rings (SSSR count). The van der Waals surface area contributed by atoms with E-state index in [4.69, 9.17) is 0 Å². The van der Waals surface area contributed by atoms with Gasteiger partial charge in [0.05, 0.1) is 5.56 Å². The predicted molar refractivity (Wildman–Crippen MR) is 209 cm³/mol. The maximum absolute atomic E-state index is 13.4. The molecule has 0 aliphatic heterocycles. The van der Waals surface area contributed by atoms with Gasteiger partial charge >= 0.3 is 5.97 Å². The van der Waals surface area contributed by atoms with E-state index in [-0.39, 0.29) is 24.0 Å². The van der Waals surface area contributed by atoms with Gasteiger partial charge in [-0.05, 0) is 37.1 Å². The Morgan fingerprint density at radius 1 is 0.400 bits per heavy atom. The second-order valence-corrected chi connectivity index (χ2v) is 14.7. The van der Waals surface area contributed by atoms with Gasteiger partial charge in [-0.3, -0.25) is 14.4 Å². The molecule has 0 atom stereocenters. The number of aromatic carboxylic acids is 1. The number of carboxylic acids is 1. The Labute approximate surface area is 306 Å². The number of carbonyl (C=O) groups excluding carboxylic acids is 3. The van der Waals surface area contributed by atoms with E-state index in [1.54, 1.807) is 0 Å². The van der Waals surface area contributed by atoms with Crippen molar-refractivity contribution in [1.29, 1.82) is 0 Å². The molecule has 0 fully saturated rings. The molecule has 0 radical (unpaired) electrons. The lowest BCUT2D eigenvalue weighted by molar-refractivity contribution is -0.141. The first-order valence-electron chi connectivity index (χ1n) is 21.2. The van der Waals surface area contributed by atoms with Gasteiger partial charge < -0.3 is 5.11 Å². The third kappa shape index (κ3) is 23.8. The van der Waals surface area contributed by atoms with Crippen molar-refractivity contribution in [2.75, 3.05) is 0 Å². The highest BCUT2D eigenvalue weighted by Crippen LogP contribution is 2.18. The molecule has 0 spiro atoms. The van der Waals surface area contributed by atoms with Crippen LogP contribution in [0.2, 0.25) is 0 Å². The van der Waals surface area contributed by atoms with E-state index in [0.29, 0.717) is 12.8 Å². The molecular weight excluding hydrogens is 622 g/mol. The van der Waals surface area contributed by atoms with Crippen LogP contribution in [-0.2, 0) is 9.59 Å². The van der Waals surface area contributed by atoms with Crippen molar-refractivity contribution >= 4 is 23.7 Å². The minimum absolute atomic E-state index is 0.0568. The van der Waals surface area contributed by atoms with E-state index >= 15 is 0 Å². The van der Waals surface area contributed by atoms with Gasteiger partial charge in [-0.2, -0.15) is 0 Å². The molecule has 3 amide bonds. The number of rotatable bonds is 34. The quantitative estimate of drug-likeness (QED) is 0.0724. The third-order valence-corrected chi connectivity index (χ3v) is 10.1. The molecule has 6 heteroatoms. The van der Waals surface area contributed by atoms with Crippen LogP contribution in [0.3, 0.4) is 0 Å². The number of carboxylic acid groups (broad SMARTS) is 1. The van der Waals surface area contributed by atoms with Crippen LogP contribution < -0.4 is 0 Å². The maximum Gasteiger partial charge on any atom is 0.335 e. The Morgan fingerprint density at radius 2 is 0.640 bits per heavy atom. The molecule has 0 saturated carbocycles. The highest BCUT2D eigenvalue weighted by Gasteiger charge is 2.28. The molecule has 0 unspecified atom stereocenters. The van der Waals surface area contributed by atoms with Crippen LogP contribution in [0.5, 0.6) is 0 Å². The van der Waals surface area contributed by atoms with Crippen LogP contribution in [0.4, 0.5) is 0 Å². The van der Waals surface area contributed by atoms with Gasteiger partial charge in [0, 0.05) is 18.4 Å². The molecule has 1 aromatic carbocycles. The molecule has 6 nitrogen and oxygen atoms in total. The average Bonchev–Trinajstić information content (AvgIpc) is 3.11. The lowest BCUT2D eigenvalue weighted by Gasteiger charge is -2.19. The first-order chi connectivity index (χ1) is 24.4. The molecule has 0 aliphatic rings. The van der Waals surface area contributed by atoms with Crippen molar-refractivity contribution in [3.63, 3.8) is 0 Å². The number of amides is 3. The van der Waals surface area contributed by atoms with Gasteiger partial charge in [0.25, 0.3) is 5.91 Å². The molecule has 50 heavy (non-hydrogen) atoms. The minimum Gasteiger partial charge on any atom is -0.478 e. The lowest BCUT2D eigenvalue weighted by Crippen LogP contribution is -2.41. The summed E-state index contributed by atoms with van der Waals surface area (Å²) in [4.78, 5) is 52.0. The molecule has 0 saturated heterocycles. The van der Waals surface area contributed by atoms with Crippen LogP contribution in [0.1, 0.15) is 240 Å². The van der Waals surface area contributed by atoms with Crippen LogP contribution >= 0.6 is 0 Å². The number of hydrogen-bond donors (Lipinski definition) is 1. The van der Waals surface area contributed by atoms with Crippen molar-refractivity contribution in [1.82, 2.24) is 4.90 Å². The monoisotopic (exact) mass is 698 g/mol. The standard InChI is InChI=1S/C44H75NO5/c1-3-5-7-9-11-13-15-17-19-21-23-25-27-29-31-33-41(46)45(43(48)39-35-37-40(38-36-39)44(49)50)42(47)34-32-30-28-26-24-22-20-18-16-14-12-10-8-6-4-2/h35-38H,3-34H2,1-2H3,(H,49,50). The zero-order valence-electron chi connectivity index (χ0n) is 32.5. The van der Waals surface area contributed by atoms with Crippen molar-refractivity contribution < 1.29 is 24.3 Å². The molecule has 1 aromatic rings. The van der Waals surface area contributed by atoms with Crippen molar-refractivity contribution in [2.45, 2.75) is 219 Å². The summed E-state index contributed by atoms with van der Waals surface area (Å²) in [6.07, 6.45) is 37.2. The number of nitrogens with zero attached hydrogens (tertiary/aromatic N) is 1. The van der Waals surface area contributed by atoms with E-state index in [9.17, 15) is 24.3 Å². The van der Waals surface area contributed by atoms with Crippen molar-refractivity contribution in [2.24, 2.45) is 0 Å². The Kier molecular flexibility index (Phi) is 29.5. The van der Waals surface area contributed by atoms with Gasteiger partial charge in [0.2, 0.25) is 11.8 Å². The zero-order valence-corrected chi connectivity index (χ0v) is 32.5. The molecule has 286 valence electrons. The molecule has 0 aromatic heterocycles. The average molecular weight is 698 g/mol. The summed E-state index contributed by atoms with van der Waals surface area (Å²) in [5, 5.41) is 9.22. The number of carbonyl (C=O) groups is 4. The van der Waals surface area contributed by atoms with Gasteiger partial charge in [-0.25, -0.2) is 9.69 Å².